The number of aliphatic hydroxyl groups is 1. The lowest BCUT2D eigenvalue weighted by Gasteiger charge is -1.95. The summed E-state index contributed by atoms with van der Waals surface area (Å²) in [6.07, 6.45) is 0. The van der Waals surface area contributed by atoms with Gasteiger partial charge in [0, 0.05) is 11.6 Å². The van der Waals surface area contributed by atoms with E-state index in [0.717, 1.165) is 15.3 Å². The highest BCUT2D eigenvalue weighted by molar-refractivity contribution is 7.22. The third-order valence-corrected chi connectivity index (χ3v) is 2.97. The standard InChI is InChI=1S/C9H9ClN2OS/c10-6-1-2-8-7(5-6)12-9(14-8)11-3-4-13/h1-2,5,13H,3-4H2,(H,11,12). The van der Waals surface area contributed by atoms with Gasteiger partial charge >= 0.3 is 0 Å². The van der Waals surface area contributed by atoms with Gasteiger partial charge in [-0.15, -0.1) is 0 Å². The predicted octanol–water partition coefficient (Wildman–Crippen LogP) is 2.35. The molecule has 74 valence electrons. The third-order valence-electron chi connectivity index (χ3n) is 1.74. The van der Waals surface area contributed by atoms with E-state index in [9.17, 15) is 0 Å². The predicted molar refractivity (Wildman–Crippen MR) is 60.2 cm³/mol. The lowest BCUT2D eigenvalue weighted by atomic mass is 10.3. The van der Waals surface area contributed by atoms with Crippen LogP contribution in [0.15, 0.2) is 18.2 Å². The zero-order chi connectivity index (χ0) is 9.97. The summed E-state index contributed by atoms with van der Waals surface area (Å²) >= 11 is 7.39. The highest BCUT2D eigenvalue weighted by Crippen LogP contribution is 2.27. The number of nitrogens with zero attached hydrogens (tertiary/aromatic N) is 1. The van der Waals surface area contributed by atoms with E-state index in [2.05, 4.69) is 10.3 Å². The fourth-order valence-corrected chi connectivity index (χ4v) is 2.18. The SMILES string of the molecule is OCCNc1nc2cc(Cl)ccc2s1. The second kappa shape index (κ2) is 4.13. The molecule has 0 radical (unpaired) electrons. The van der Waals surface area contributed by atoms with Crippen LogP contribution < -0.4 is 5.32 Å². The molecule has 2 N–H and O–H groups in total. The van der Waals surface area contributed by atoms with E-state index in [1.165, 1.54) is 0 Å². The molecule has 1 heterocycles. The van der Waals surface area contributed by atoms with Crippen LogP contribution in [0.3, 0.4) is 0 Å². The minimum absolute atomic E-state index is 0.108. The second-order valence-corrected chi connectivity index (χ2v) is 4.25. The van der Waals surface area contributed by atoms with Crippen molar-refractivity contribution >= 4 is 38.3 Å². The van der Waals surface area contributed by atoms with Gasteiger partial charge in [-0.3, -0.25) is 0 Å². The average Bonchev–Trinajstić information content (AvgIpc) is 2.56. The summed E-state index contributed by atoms with van der Waals surface area (Å²) in [4.78, 5) is 4.32. The highest BCUT2D eigenvalue weighted by Gasteiger charge is 2.02. The second-order valence-electron chi connectivity index (χ2n) is 2.78. The maximum Gasteiger partial charge on any atom is 0.183 e. The molecule has 2 aromatic rings. The Bertz CT molecular complexity index is 443. The van der Waals surface area contributed by atoms with E-state index in [1.54, 1.807) is 11.3 Å². The van der Waals surface area contributed by atoms with Crippen LogP contribution in [0.4, 0.5) is 5.13 Å². The smallest absolute Gasteiger partial charge is 0.183 e. The lowest BCUT2D eigenvalue weighted by Crippen LogP contribution is -2.04. The monoisotopic (exact) mass is 228 g/mol. The van der Waals surface area contributed by atoms with Gasteiger partial charge in [-0.1, -0.05) is 22.9 Å². The van der Waals surface area contributed by atoms with E-state index in [4.69, 9.17) is 16.7 Å². The maximum atomic E-state index is 8.64. The van der Waals surface area contributed by atoms with Gasteiger partial charge < -0.3 is 10.4 Å². The van der Waals surface area contributed by atoms with Crippen LogP contribution in [0.25, 0.3) is 10.2 Å². The summed E-state index contributed by atoms with van der Waals surface area (Å²) in [5.41, 5.74) is 0.892. The number of fused-ring (bicyclic) bond motifs is 1. The van der Waals surface area contributed by atoms with Gasteiger partial charge in [-0.25, -0.2) is 4.98 Å². The Kier molecular flexibility index (Phi) is 2.86. The van der Waals surface area contributed by atoms with Crippen LogP contribution in [0.5, 0.6) is 0 Å². The van der Waals surface area contributed by atoms with Crippen molar-refractivity contribution in [2.75, 3.05) is 18.5 Å². The molecule has 3 nitrogen and oxygen atoms in total. The number of aromatic nitrogens is 1. The Labute approximate surface area is 90.4 Å². The topological polar surface area (TPSA) is 45.1 Å². The van der Waals surface area contributed by atoms with E-state index >= 15 is 0 Å². The van der Waals surface area contributed by atoms with Gasteiger partial charge in [0.1, 0.15) is 0 Å². The van der Waals surface area contributed by atoms with Crippen molar-refractivity contribution in [3.8, 4) is 0 Å². The summed E-state index contributed by atoms with van der Waals surface area (Å²) in [5, 5.41) is 13.2. The van der Waals surface area contributed by atoms with Gasteiger partial charge in [0.05, 0.1) is 16.8 Å². The number of thiazole rings is 1. The van der Waals surface area contributed by atoms with E-state index in [0.29, 0.717) is 11.6 Å². The number of anilines is 1. The Hall–Kier alpha value is -0.840. The first-order chi connectivity index (χ1) is 6.79. The largest absolute Gasteiger partial charge is 0.395 e. The molecule has 0 aliphatic rings. The number of rotatable bonds is 3. The average molecular weight is 229 g/mol. The van der Waals surface area contributed by atoms with Crippen molar-refractivity contribution in [2.45, 2.75) is 0 Å². The van der Waals surface area contributed by atoms with Gasteiger partial charge in [-0.05, 0) is 18.2 Å². The van der Waals surface area contributed by atoms with Crippen molar-refractivity contribution in [3.63, 3.8) is 0 Å². The summed E-state index contributed by atoms with van der Waals surface area (Å²) in [6.45, 7) is 0.629. The number of hydrogen-bond acceptors (Lipinski definition) is 4. The van der Waals surface area contributed by atoms with E-state index in [1.807, 2.05) is 18.2 Å². The molecule has 5 heteroatoms. The molecule has 0 atom stereocenters. The number of hydrogen-bond donors (Lipinski definition) is 2. The molecule has 0 amide bonds. The number of benzene rings is 1. The zero-order valence-corrected chi connectivity index (χ0v) is 8.90. The third kappa shape index (κ3) is 1.97. The first-order valence-electron chi connectivity index (χ1n) is 4.20. The summed E-state index contributed by atoms with van der Waals surface area (Å²) in [5.74, 6) is 0. The molecule has 1 aromatic carbocycles. The Morgan fingerprint density at radius 3 is 3.14 bits per heavy atom. The number of aliphatic hydroxyl groups excluding tert-OH is 1. The van der Waals surface area contributed by atoms with E-state index < -0.39 is 0 Å². The molecule has 0 saturated heterocycles. The van der Waals surface area contributed by atoms with Crippen molar-refractivity contribution in [2.24, 2.45) is 0 Å². The van der Waals surface area contributed by atoms with Crippen LogP contribution in [0.1, 0.15) is 0 Å². The molecular weight excluding hydrogens is 220 g/mol. The number of halogens is 1. The molecule has 2 rings (SSSR count). The quantitative estimate of drug-likeness (QED) is 0.848. The molecule has 0 saturated carbocycles. The Morgan fingerprint density at radius 2 is 2.36 bits per heavy atom. The van der Waals surface area contributed by atoms with Crippen LogP contribution in [-0.2, 0) is 0 Å². The van der Waals surface area contributed by atoms with Gasteiger partial charge in [0.25, 0.3) is 0 Å². The first-order valence-corrected chi connectivity index (χ1v) is 5.40. The van der Waals surface area contributed by atoms with Crippen LogP contribution >= 0.6 is 22.9 Å². The van der Waals surface area contributed by atoms with Crippen LogP contribution in [-0.4, -0.2) is 23.2 Å². The normalized spacial score (nSPS) is 10.7. The maximum absolute atomic E-state index is 8.64. The summed E-state index contributed by atoms with van der Waals surface area (Å²) in [7, 11) is 0. The molecule has 0 spiro atoms. The molecule has 0 aliphatic heterocycles. The molecular formula is C9H9ClN2OS. The summed E-state index contributed by atoms with van der Waals surface area (Å²) < 4.78 is 1.09. The van der Waals surface area contributed by atoms with Crippen molar-refractivity contribution in [1.29, 1.82) is 0 Å². The van der Waals surface area contributed by atoms with Gasteiger partial charge in [0.15, 0.2) is 5.13 Å². The molecule has 14 heavy (non-hydrogen) atoms. The summed E-state index contributed by atoms with van der Waals surface area (Å²) in [6, 6.07) is 5.62. The van der Waals surface area contributed by atoms with Crippen molar-refractivity contribution < 1.29 is 5.11 Å². The number of nitrogens with one attached hydrogen (secondary N) is 1. The van der Waals surface area contributed by atoms with E-state index in [-0.39, 0.29) is 6.61 Å². The highest BCUT2D eigenvalue weighted by atomic mass is 35.5. The Balaban J connectivity index is 2.32. The molecule has 0 bridgehead atoms. The Morgan fingerprint density at radius 1 is 1.50 bits per heavy atom. The van der Waals surface area contributed by atoms with Crippen LogP contribution in [0.2, 0.25) is 5.02 Å². The fourth-order valence-electron chi connectivity index (χ4n) is 1.14. The van der Waals surface area contributed by atoms with Crippen LogP contribution in [0, 0.1) is 0 Å². The lowest BCUT2D eigenvalue weighted by molar-refractivity contribution is 0.311. The minimum Gasteiger partial charge on any atom is -0.395 e. The molecule has 0 unspecified atom stereocenters. The fraction of sp³-hybridized carbons (Fsp3) is 0.222. The first kappa shape index (κ1) is 9.71. The molecule has 1 aromatic heterocycles. The molecule has 0 aliphatic carbocycles. The molecule has 0 fully saturated rings. The zero-order valence-electron chi connectivity index (χ0n) is 7.33. The minimum atomic E-state index is 0.108. The van der Waals surface area contributed by atoms with Crippen molar-refractivity contribution in [3.05, 3.63) is 23.2 Å². The van der Waals surface area contributed by atoms with Gasteiger partial charge in [-0.2, -0.15) is 0 Å². The van der Waals surface area contributed by atoms with Crippen molar-refractivity contribution in [1.82, 2.24) is 4.98 Å². The van der Waals surface area contributed by atoms with Gasteiger partial charge in [0.2, 0.25) is 0 Å².